The third-order valence-corrected chi connectivity index (χ3v) is 6.45. The molecule has 3 N–H and O–H groups in total. The van der Waals surface area contributed by atoms with Crippen molar-refractivity contribution in [2.24, 2.45) is 0 Å². The molecule has 27 heavy (non-hydrogen) atoms. The number of aliphatic hydroxyl groups is 1. The topological polar surface area (TPSA) is 108 Å². The minimum absolute atomic E-state index is 0.0253. The van der Waals surface area contributed by atoms with Gasteiger partial charge in [-0.05, 0) is 49.8 Å². The van der Waals surface area contributed by atoms with E-state index in [1.165, 1.54) is 6.07 Å². The maximum Gasteiger partial charge on any atom is 0.317 e. The molecule has 0 spiro atoms. The van der Waals surface area contributed by atoms with Gasteiger partial charge in [0.1, 0.15) is 17.3 Å². The Morgan fingerprint density at radius 3 is 2.74 bits per heavy atom. The monoisotopic (exact) mass is 397 g/mol. The summed E-state index contributed by atoms with van der Waals surface area (Å²) in [4.78, 5) is 13.8. The number of hydrogen-bond donors (Lipinski definition) is 3. The van der Waals surface area contributed by atoms with Gasteiger partial charge in [-0.15, -0.1) is 0 Å². The van der Waals surface area contributed by atoms with Gasteiger partial charge in [-0.2, -0.15) is 0 Å². The standard InChI is InChI=1S/C18H27N3O5S/c1-19-18(23)21-9-3-2-4-15(21)12-26-16-8-5-13(11-22)10-17(16)27(24,25)20-14-6-7-14/h5,8,10,14-15,20,22H,2-4,6-7,9,11-12H2,1H3,(H,19,23). The van der Waals surface area contributed by atoms with Crippen molar-refractivity contribution in [1.29, 1.82) is 0 Å². The number of likely N-dealkylation sites (tertiary alicyclic amines) is 1. The lowest BCUT2D eigenvalue weighted by molar-refractivity contribution is 0.116. The second-order valence-electron chi connectivity index (χ2n) is 7.04. The minimum atomic E-state index is -3.73. The Balaban J connectivity index is 1.78. The van der Waals surface area contributed by atoms with Crippen molar-refractivity contribution >= 4 is 16.1 Å². The molecule has 1 saturated carbocycles. The van der Waals surface area contributed by atoms with Gasteiger partial charge in [0, 0.05) is 19.6 Å². The molecule has 1 aromatic carbocycles. The molecule has 8 nitrogen and oxygen atoms in total. The second-order valence-corrected chi connectivity index (χ2v) is 8.73. The van der Waals surface area contributed by atoms with E-state index in [1.54, 1.807) is 24.1 Å². The van der Waals surface area contributed by atoms with Gasteiger partial charge in [-0.1, -0.05) is 6.07 Å². The zero-order chi connectivity index (χ0) is 19.4. The SMILES string of the molecule is CNC(=O)N1CCCCC1COc1ccc(CO)cc1S(=O)(=O)NC1CC1. The fourth-order valence-corrected chi connectivity index (χ4v) is 4.73. The van der Waals surface area contributed by atoms with Crippen LogP contribution in [0.3, 0.4) is 0 Å². The highest BCUT2D eigenvalue weighted by atomic mass is 32.2. The molecule has 9 heteroatoms. The highest BCUT2D eigenvalue weighted by molar-refractivity contribution is 7.89. The molecular weight excluding hydrogens is 370 g/mol. The average Bonchev–Trinajstić information content (AvgIpc) is 3.49. The first-order valence-electron chi connectivity index (χ1n) is 9.32. The van der Waals surface area contributed by atoms with Gasteiger partial charge in [0.15, 0.2) is 0 Å². The number of hydrogen-bond acceptors (Lipinski definition) is 5. The number of nitrogens with zero attached hydrogens (tertiary/aromatic N) is 1. The van der Waals surface area contributed by atoms with Crippen LogP contribution in [0.25, 0.3) is 0 Å². The summed E-state index contributed by atoms with van der Waals surface area (Å²) in [7, 11) is -2.13. The fraction of sp³-hybridized carbons (Fsp3) is 0.611. The molecule has 0 aromatic heterocycles. The first-order chi connectivity index (χ1) is 12.9. The van der Waals surface area contributed by atoms with Crippen LogP contribution in [-0.4, -0.2) is 56.7 Å². The quantitative estimate of drug-likeness (QED) is 0.641. The van der Waals surface area contributed by atoms with E-state index in [2.05, 4.69) is 10.0 Å². The van der Waals surface area contributed by atoms with Crippen LogP contribution in [0.15, 0.2) is 23.1 Å². The van der Waals surface area contributed by atoms with E-state index in [-0.39, 0.29) is 42.0 Å². The van der Waals surface area contributed by atoms with Crippen molar-refractivity contribution in [2.45, 2.75) is 55.7 Å². The number of ether oxygens (including phenoxy) is 1. The third kappa shape index (κ3) is 4.91. The Hall–Kier alpha value is -1.84. The predicted molar refractivity (Wildman–Crippen MR) is 100 cm³/mol. The predicted octanol–water partition coefficient (Wildman–Crippen LogP) is 1.19. The number of piperidine rings is 1. The zero-order valence-electron chi connectivity index (χ0n) is 15.5. The van der Waals surface area contributed by atoms with Crippen LogP contribution in [0, 0.1) is 0 Å². The van der Waals surface area contributed by atoms with E-state index in [0.29, 0.717) is 12.1 Å². The van der Waals surface area contributed by atoms with Gasteiger partial charge >= 0.3 is 6.03 Å². The van der Waals surface area contributed by atoms with Crippen LogP contribution in [0.4, 0.5) is 4.79 Å². The summed E-state index contributed by atoms with van der Waals surface area (Å²) < 4.78 is 33.9. The summed E-state index contributed by atoms with van der Waals surface area (Å²) in [6.45, 7) is 0.628. The lowest BCUT2D eigenvalue weighted by Gasteiger charge is -2.35. The summed E-state index contributed by atoms with van der Waals surface area (Å²) in [6, 6.07) is 4.37. The summed E-state index contributed by atoms with van der Waals surface area (Å²) in [6.07, 6.45) is 4.42. The molecular formula is C18H27N3O5S. The molecule has 1 aromatic rings. The van der Waals surface area contributed by atoms with Gasteiger partial charge in [-0.3, -0.25) is 0 Å². The Morgan fingerprint density at radius 1 is 1.30 bits per heavy atom. The molecule has 0 radical (unpaired) electrons. The van der Waals surface area contributed by atoms with E-state index < -0.39 is 10.0 Å². The van der Waals surface area contributed by atoms with E-state index in [4.69, 9.17) is 4.74 Å². The van der Waals surface area contributed by atoms with Crippen molar-refractivity contribution in [3.8, 4) is 5.75 Å². The molecule has 150 valence electrons. The molecule has 1 atom stereocenters. The van der Waals surface area contributed by atoms with Crippen molar-refractivity contribution < 1.29 is 23.1 Å². The number of carbonyl (C=O) groups excluding carboxylic acids is 1. The molecule has 1 saturated heterocycles. The maximum atomic E-state index is 12.7. The Morgan fingerprint density at radius 2 is 2.07 bits per heavy atom. The van der Waals surface area contributed by atoms with Crippen LogP contribution >= 0.6 is 0 Å². The molecule has 1 aliphatic heterocycles. The van der Waals surface area contributed by atoms with Crippen molar-refractivity contribution in [2.75, 3.05) is 20.2 Å². The Labute approximate surface area is 159 Å². The van der Waals surface area contributed by atoms with E-state index in [9.17, 15) is 18.3 Å². The molecule has 1 aliphatic carbocycles. The smallest absolute Gasteiger partial charge is 0.317 e. The van der Waals surface area contributed by atoms with Crippen LogP contribution in [-0.2, 0) is 16.6 Å². The molecule has 1 heterocycles. The first-order valence-corrected chi connectivity index (χ1v) is 10.8. The highest BCUT2D eigenvalue weighted by Gasteiger charge is 2.31. The van der Waals surface area contributed by atoms with Crippen LogP contribution in [0.5, 0.6) is 5.75 Å². The first kappa shape index (κ1) is 19.9. The second kappa shape index (κ2) is 8.45. The van der Waals surface area contributed by atoms with Gasteiger partial charge in [0.25, 0.3) is 0 Å². The lowest BCUT2D eigenvalue weighted by Crippen LogP contribution is -2.50. The number of urea groups is 1. The highest BCUT2D eigenvalue weighted by Crippen LogP contribution is 2.29. The maximum absolute atomic E-state index is 12.7. The summed E-state index contributed by atoms with van der Waals surface area (Å²) in [5, 5.41) is 12.0. The summed E-state index contributed by atoms with van der Waals surface area (Å²) in [5.41, 5.74) is 0.503. The van der Waals surface area contributed by atoms with Crippen molar-refractivity contribution in [1.82, 2.24) is 14.9 Å². The van der Waals surface area contributed by atoms with E-state index >= 15 is 0 Å². The number of carbonyl (C=O) groups is 1. The van der Waals surface area contributed by atoms with Crippen LogP contribution in [0.1, 0.15) is 37.7 Å². The van der Waals surface area contributed by atoms with Crippen LogP contribution in [0.2, 0.25) is 0 Å². The molecule has 2 fully saturated rings. The normalized spacial score (nSPS) is 20.4. The number of nitrogens with one attached hydrogen (secondary N) is 2. The average molecular weight is 397 g/mol. The summed E-state index contributed by atoms with van der Waals surface area (Å²) >= 11 is 0. The van der Waals surface area contributed by atoms with Crippen molar-refractivity contribution in [3.05, 3.63) is 23.8 Å². The number of sulfonamides is 1. The largest absolute Gasteiger partial charge is 0.490 e. The number of rotatable bonds is 7. The van der Waals surface area contributed by atoms with Gasteiger partial charge in [-0.25, -0.2) is 17.9 Å². The number of benzene rings is 1. The minimum Gasteiger partial charge on any atom is -0.490 e. The van der Waals surface area contributed by atoms with Crippen molar-refractivity contribution in [3.63, 3.8) is 0 Å². The third-order valence-electron chi connectivity index (χ3n) is 4.91. The zero-order valence-corrected chi connectivity index (χ0v) is 16.3. The van der Waals surface area contributed by atoms with Crippen LogP contribution < -0.4 is 14.8 Å². The van der Waals surface area contributed by atoms with Gasteiger partial charge in [0.2, 0.25) is 10.0 Å². The van der Waals surface area contributed by atoms with E-state index in [0.717, 1.165) is 32.1 Å². The Kier molecular flexibility index (Phi) is 6.23. The van der Waals surface area contributed by atoms with E-state index in [1.807, 2.05) is 0 Å². The molecule has 3 rings (SSSR count). The summed E-state index contributed by atoms with van der Waals surface area (Å²) in [5.74, 6) is 0.239. The molecule has 2 aliphatic rings. The lowest BCUT2D eigenvalue weighted by atomic mass is 10.0. The number of aliphatic hydroxyl groups excluding tert-OH is 1. The molecule has 2 amide bonds. The number of amides is 2. The fourth-order valence-electron chi connectivity index (χ4n) is 3.23. The molecule has 0 bridgehead atoms. The van der Waals surface area contributed by atoms with Gasteiger partial charge in [0.05, 0.1) is 12.6 Å². The van der Waals surface area contributed by atoms with Gasteiger partial charge < -0.3 is 20.1 Å². The Bertz CT molecular complexity index is 779. The molecule has 1 unspecified atom stereocenters.